The zero-order chi connectivity index (χ0) is 18.6. The van der Waals surface area contributed by atoms with Crippen LogP contribution in [0.1, 0.15) is 33.1 Å². The third kappa shape index (κ3) is 12.7. The van der Waals surface area contributed by atoms with Crippen molar-refractivity contribution in [2.45, 2.75) is 45.3 Å². The molecule has 2 N–H and O–H groups in total. The number of aliphatic hydroxyl groups is 1. The molecule has 24 heavy (non-hydrogen) atoms. The predicted octanol–water partition coefficient (Wildman–Crippen LogP) is 1.73. The first-order valence-electron chi connectivity index (χ1n) is 8.43. The lowest BCUT2D eigenvalue weighted by Crippen LogP contribution is -2.45. The lowest BCUT2D eigenvalue weighted by Gasteiger charge is -2.24. The molecule has 0 rings (SSSR count). The van der Waals surface area contributed by atoms with Crippen LogP contribution < -0.4 is 5.32 Å². The molecule has 0 aliphatic carbocycles. The van der Waals surface area contributed by atoms with Gasteiger partial charge in [-0.15, -0.1) is 0 Å². The van der Waals surface area contributed by atoms with Crippen LogP contribution in [0.2, 0.25) is 0 Å². The van der Waals surface area contributed by atoms with Gasteiger partial charge in [0.1, 0.15) is 13.2 Å². The molecule has 7 nitrogen and oxygen atoms in total. The second-order valence-corrected chi connectivity index (χ2v) is 7.75. The van der Waals surface area contributed by atoms with Gasteiger partial charge in [0, 0.05) is 6.42 Å². The average Bonchev–Trinajstić information content (AvgIpc) is 2.47. The summed E-state index contributed by atoms with van der Waals surface area (Å²) in [6, 6.07) is -0.650. The van der Waals surface area contributed by atoms with Gasteiger partial charge in [0.05, 0.1) is 39.9 Å². The maximum atomic E-state index is 11.8. The Morgan fingerprint density at radius 2 is 1.96 bits per heavy atom. The van der Waals surface area contributed by atoms with Gasteiger partial charge in [0.2, 0.25) is 5.91 Å². The Morgan fingerprint density at radius 1 is 1.29 bits per heavy atom. The van der Waals surface area contributed by atoms with E-state index in [4.69, 9.17) is 9.05 Å². The van der Waals surface area contributed by atoms with Crippen LogP contribution in [0.25, 0.3) is 0 Å². The molecule has 0 aromatic rings. The average molecular weight is 365 g/mol. The first kappa shape index (κ1) is 23.3. The van der Waals surface area contributed by atoms with Crippen molar-refractivity contribution >= 4 is 14.2 Å². The summed E-state index contributed by atoms with van der Waals surface area (Å²) in [5.41, 5.74) is 0. The summed E-state index contributed by atoms with van der Waals surface area (Å²) in [4.78, 5) is 11.8. The normalized spacial score (nSPS) is 16.1. The van der Waals surface area contributed by atoms with Crippen molar-refractivity contribution in [3.63, 3.8) is 0 Å². The van der Waals surface area contributed by atoms with Crippen LogP contribution in [0.15, 0.2) is 12.2 Å². The van der Waals surface area contributed by atoms with Crippen LogP contribution in [0, 0.1) is 0 Å². The third-order valence-corrected chi connectivity index (χ3v) is 4.01. The Balaban J connectivity index is 4.45. The van der Waals surface area contributed by atoms with Gasteiger partial charge in [-0.05, 0) is 12.8 Å². The van der Waals surface area contributed by atoms with Gasteiger partial charge in [-0.3, -0.25) is 9.36 Å². The second kappa shape index (κ2) is 12.6. The number of carbonyl (C=O) groups excluding carboxylic acids is 1. The lowest BCUT2D eigenvalue weighted by molar-refractivity contribution is -0.870. The summed E-state index contributed by atoms with van der Waals surface area (Å²) in [6.07, 6.45) is 4.38. The number of hydrogen-bond donors (Lipinski definition) is 2. The van der Waals surface area contributed by atoms with E-state index < -0.39 is 20.4 Å². The Kier molecular flexibility index (Phi) is 12.2. The molecule has 0 bridgehead atoms. The fourth-order valence-corrected chi connectivity index (χ4v) is 2.40. The zero-order valence-electron chi connectivity index (χ0n) is 15.6. The van der Waals surface area contributed by atoms with Crippen LogP contribution in [0.5, 0.6) is 0 Å². The van der Waals surface area contributed by atoms with E-state index in [1.54, 1.807) is 6.08 Å². The Labute approximate surface area is 146 Å². The molecule has 0 aliphatic heterocycles. The highest BCUT2D eigenvalue weighted by atomic mass is 31.1. The summed E-state index contributed by atoms with van der Waals surface area (Å²) in [5.74, 6) is -0.166. The van der Waals surface area contributed by atoms with Gasteiger partial charge in [0.25, 0.3) is 0 Å². The van der Waals surface area contributed by atoms with Crippen molar-refractivity contribution in [1.29, 1.82) is 0 Å². The van der Waals surface area contributed by atoms with E-state index in [1.165, 1.54) is 0 Å². The number of quaternary nitrogens is 1. The second-order valence-electron chi connectivity index (χ2n) is 6.67. The monoisotopic (exact) mass is 365 g/mol. The van der Waals surface area contributed by atoms with Crippen molar-refractivity contribution in [2.24, 2.45) is 0 Å². The first-order chi connectivity index (χ1) is 11.2. The molecule has 0 saturated heterocycles. The standard InChI is InChI=1S/C16H33N2O5P/c1-6-8-10-15(19)14(17-16(20)9-7-2)13-23-24(21)22-12-11-18(3,4)5/h8,10,14-15,19,24H,6-7,9,11-13H2,1-5H3/p+1/b10-8+/t14-,15+/m0/s1. The highest BCUT2D eigenvalue weighted by Crippen LogP contribution is 2.24. The van der Waals surface area contributed by atoms with Crippen molar-refractivity contribution in [2.75, 3.05) is 40.9 Å². The summed E-state index contributed by atoms with van der Waals surface area (Å²) >= 11 is 0. The number of carbonyl (C=O) groups is 1. The zero-order valence-corrected chi connectivity index (χ0v) is 16.6. The van der Waals surface area contributed by atoms with Gasteiger partial charge >= 0.3 is 8.25 Å². The fraction of sp³-hybridized carbons (Fsp3) is 0.812. The van der Waals surface area contributed by atoms with E-state index in [2.05, 4.69) is 5.32 Å². The number of nitrogens with one attached hydrogen (secondary N) is 1. The summed E-state index contributed by atoms with van der Waals surface area (Å²) in [6.45, 7) is 4.82. The van der Waals surface area contributed by atoms with Crippen molar-refractivity contribution in [3.8, 4) is 0 Å². The van der Waals surface area contributed by atoms with E-state index in [0.29, 0.717) is 30.5 Å². The first-order valence-corrected chi connectivity index (χ1v) is 9.66. The third-order valence-electron chi connectivity index (χ3n) is 3.17. The van der Waals surface area contributed by atoms with E-state index in [-0.39, 0.29) is 12.5 Å². The summed E-state index contributed by atoms with van der Waals surface area (Å²) < 4.78 is 22.9. The Hall–Kier alpha value is -0.720. The minimum Gasteiger partial charge on any atom is -0.387 e. The van der Waals surface area contributed by atoms with E-state index in [9.17, 15) is 14.5 Å². The van der Waals surface area contributed by atoms with E-state index >= 15 is 0 Å². The van der Waals surface area contributed by atoms with Crippen LogP contribution in [-0.2, 0) is 18.4 Å². The molecule has 0 aliphatic rings. The molecular formula is C16H34N2O5P+. The Morgan fingerprint density at radius 3 is 2.50 bits per heavy atom. The molecule has 1 amide bonds. The Bertz CT molecular complexity index is 410. The lowest BCUT2D eigenvalue weighted by atomic mass is 10.1. The molecule has 0 radical (unpaired) electrons. The molecule has 8 heteroatoms. The molecular weight excluding hydrogens is 331 g/mol. The molecule has 3 atom stereocenters. The number of likely N-dealkylation sites (N-methyl/N-ethyl adjacent to an activating group) is 1. The number of amides is 1. The number of nitrogens with zero attached hydrogens (tertiary/aromatic N) is 1. The molecule has 0 heterocycles. The van der Waals surface area contributed by atoms with Gasteiger partial charge < -0.3 is 24.0 Å². The summed E-state index contributed by atoms with van der Waals surface area (Å²) in [5, 5.41) is 12.9. The molecule has 0 spiro atoms. The van der Waals surface area contributed by atoms with Crippen molar-refractivity contribution in [1.82, 2.24) is 5.32 Å². The van der Waals surface area contributed by atoms with Gasteiger partial charge in [-0.1, -0.05) is 26.0 Å². The van der Waals surface area contributed by atoms with Crippen LogP contribution >= 0.6 is 8.25 Å². The molecule has 1 unspecified atom stereocenters. The number of allylic oxidation sites excluding steroid dienone is 1. The SMILES string of the molecule is CC/C=C/[C@@H](O)[C@H](CO[PH](=O)OCC[N+](C)(C)C)NC(=O)CCC. The summed E-state index contributed by atoms with van der Waals surface area (Å²) in [7, 11) is 3.38. The molecule has 0 fully saturated rings. The van der Waals surface area contributed by atoms with E-state index in [0.717, 1.165) is 6.42 Å². The largest absolute Gasteiger partial charge is 0.387 e. The minimum absolute atomic E-state index is 0.0627. The smallest absolute Gasteiger partial charge is 0.319 e. The highest BCUT2D eigenvalue weighted by Gasteiger charge is 2.20. The minimum atomic E-state index is -2.65. The maximum absolute atomic E-state index is 11.8. The van der Waals surface area contributed by atoms with Crippen molar-refractivity contribution in [3.05, 3.63) is 12.2 Å². The number of rotatable bonds is 13. The van der Waals surface area contributed by atoms with Gasteiger partial charge in [0.15, 0.2) is 0 Å². The van der Waals surface area contributed by atoms with Crippen molar-refractivity contribution < 1.29 is 28.0 Å². The van der Waals surface area contributed by atoms with E-state index in [1.807, 2.05) is 41.1 Å². The predicted molar refractivity (Wildman–Crippen MR) is 96.1 cm³/mol. The fourth-order valence-electron chi connectivity index (χ4n) is 1.74. The van der Waals surface area contributed by atoms with Crippen LogP contribution in [0.4, 0.5) is 0 Å². The van der Waals surface area contributed by atoms with Gasteiger partial charge in [-0.25, -0.2) is 0 Å². The number of hydrogen-bond acceptors (Lipinski definition) is 5. The van der Waals surface area contributed by atoms with Gasteiger partial charge in [-0.2, -0.15) is 0 Å². The highest BCUT2D eigenvalue weighted by molar-refractivity contribution is 7.33. The molecule has 0 saturated carbocycles. The molecule has 0 aromatic heterocycles. The van der Waals surface area contributed by atoms with Crippen LogP contribution in [0.3, 0.4) is 0 Å². The number of aliphatic hydroxyl groups excluding tert-OH is 1. The molecule has 142 valence electrons. The quantitative estimate of drug-likeness (QED) is 0.295. The maximum Gasteiger partial charge on any atom is 0.319 e. The topological polar surface area (TPSA) is 84.9 Å². The molecule has 0 aromatic carbocycles. The van der Waals surface area contributed by atoms with Crippen LogP contribution in [-0.4, -0.2) is 68.5 Å².